The van der Waals surface area contributed by atoms with E-state index in [0.29, 0.717) is 17.4 Å². The maximum Gasteiger partial charge on any atom is 0.280 e. The molecular formula is C24H28F3N3S. The maximum atomic E-state index is 15.3. The van der Waals surface area contributed by atoms with Crippen LogP contribution in [0.1, 0.15) is 56.9 Å². The van der Waals surface area contributed by atoms with Crippen molar-refractivity contribution in [1.82, 2.24) is 14.3 Å². The number of hydrogen-bond donors (Lipinski definition) is 1. The fourth-order valence-corrected chi connectivity index (χ4v) is 4.72. The first-order chi connectivity index (χ1) is 14.6. The number of aryl methyl sites for hydroxylation is 1. The van der Waals surface area contributed by atoms with Crippen molar-refractivity contribution in [2.75, 3.05) is 0 Å². The molecule has 1 N–H and O–H groups in total. The van der Waals surface area contributed by atoms with Crippen LogP contribution < -0.4 is 4.72 Å². The lowest BCUT2D eigenvalue weighted by Crippen LogP contribution is -2.14. The number of nitrogens with zero attached hydrogens (tertiary/aromatic N) is 2. The van der Waals surface area contributed by atoms with Gasteiger partial charge in [-0.3, -0.25) is 9.71 Å². The molecule has 1 saturated carbocycles. The lowest BCUT2D eigenvalue weighted by Gasteiger charge is -2.20. The van der Waals surface area contributed by atoms with Crippen molar-refractivity contribution in [2.45, 2.75) is 65.3 Å². The minimum Gasteiger partial charge on any atom is -0.347 e. The average Bonchev–Trinajstić information content (AvgIpc) is 3.44. The summed E-state index contributed by atoms with van der Waals surface area (Å²) >= 11 is 1.73. The smallest absolute Gasteiger partial charge is 0.280 e. The first kappa shape index (κ1) is 22.2. The van der Waals surface area contributed by atoms with Crippen LogP contribution in [0.4, 0.5) is 13.2 Å². The van der Waals surface area contributed by atoms with Crippen LogP contribution in [0.2, 0.25) is 0 Å². The van der Waals surface area contributed by atoms with Crippen molar-refractivity contribution in [3.8, 4) is 11.1 Å². The van der Waals surface area contributed by atoms with E-state index < -0.39 is 12.2 Å². The number of pyridine rings is 1. The summed E-state index contributed by atoms with van der Waals surface area (Å²) in [5, 5.41) is 1.49. The molecule has 0 amide bonds. The van der Waals surface area contributed by atoms with E-state index in [-0.39, 0.29) is 22.2 Å². The summed E-state index contributed by atoms with van der Waals surface area (Å²) in [4.78, 5) is 3.85. The Hall–Kier alpha value is -1.99. The van der Waals surface area contributed by atoms with Crippen molar-refractivity contribution in [3.05, 3.63) is 53.2 Å². The highest BCUT2D eigenvalue weighted by Crippen LogP contribution is 2.38. The Labute approximate surface area is 185 Å². The molecule has 166 valence electrons. The summed E-state index contributed by atoms with van der Waals surface area (Å²) in [6, 6.07) is 4.84. The summed E-state index contributed by atoms with van der Waals surface area (Å²) in [5.74, 6) is -0.505. The van der Waals surface area contributed by atoms with Gasteiger partial charge in [-0.05, 0) is 54.5 Å². The van der Waals surface area contributed by atoms with Crippen molar-refractivity contribution < 1.29 is 13.2 Å². The summed E-state index contributed by atoms with van der Waals surface area (Å²) in [7, 11) is 0. The molecule has 0 radical (unpaired) electrons. The summed E-state index contributed by atoms with van der Waals surface area (Å²) in [5.41, 5.74) is 2.43. The van der Waals surface area contributed by atoms with Crippen molar-refractivity contribution in [2.24, 2.45) is 5.41 Å². The molecule has 0 atom stereocenters. The van der Waals surface area contributed by atoms with E-state index in [0.717, 1.165) is 23.0 Å². The first-order valence-corrected chi connectivity index (χ1v) is 11.5. The average molecular weight is 448 g/mol. The Morgan fingerprint density at radius 1 is 1.26 bits per heavy atom. The molecule has 1 aromatic carbocycles. The van der Waals surface area contributed by atoms with Crippen LogP contribution in [0.5, 0.6) is 0 Å². The van der Waals surface area contributed by atoms with Gasteiger partial charge in [0, 0.05) is 52.8 Å². The number of aromatic nitrogens is 2. The highest BCUT2D eigenvalue weighted by atomic mass is 32.2. The zero-order chi connectivity index (χ0) is 22.3. The third-order valence-electron chi connectivity index (χ3n) is 5.40. The van der Waals surface area contributed by atoms with Gasteiger partial charge in [-0.25, -0.2) is 13.2 Å². The second kappa shape index (κ2) is 8.51. The van der Waals surface area contributed by atoms with Crippen molar-refractivity contribution >= 4 is 22.9 Å². The van der Waals surface area contributed by atoms with Gasteiger partial charge in [-0.2, -0.15) is 0 Å². The molecule has 0 spiro atoms. The fourth-order valence-electron chi connectivity index (χ4n) is 3.88. The zero-order valence-electron chi connectivity index (χ0n) is 18.3. The van der Waals surface area contributed by atoms with Gasteiger partial charge in [-0.1, -0.05) is 32.7 Å². The Morgan fingerprint density at radius 3 is 2.65 bits per heavy atom. The Balaban J connectivity index is 1.84. The number of alkyl halides is 2. The third-order valence-corrected chi connectivity index (χ3v) is 6.51. The normalized spacial score (nSPS) is 14.7. The van der Waals surface area contributed by atoms with Crippen LogP contribution in [0.25, 0.3) is 22.0 Å². The molecule has 2 aromatic heterocycles. The van der Waals surface area contributed by atoms with E-state index in [1.807, 2.05) is 0 Å². The molecule has 1 aliphatic carbocycles. The van der Waals surface area contributed by atoms with Crippen LogP contribution >= 0.6 is 11.9 Å². The highest BCUT2D eigenvalue weighted by Gasteiger charge is 2.24. The van der Waals surface area contributed by atoms with Crippen molar-refractivity contribution in [1.29, 1.82) is 0 Å². The molecule has 1 aliphatic rings. The Morgan fingerprint density at radius 2 is 2.00 bits per heavy atom. The van der Waals surface area contributed by atoms with Gasteiger partial charge < -0.3 is 4.57 Å². The lowest BCUT2D eigenvalue weighted by molar-refractivity contribution is 0.146. The molecule has 4 rings (SSSR count). The van der Waals surface area contributed by atoms with E-state index in [4.69, 9.17) is 0 Å². The highest BCUT2D eigenvalue weighted by molar-refractivity contribution is 7.98. The Kier molecular flexibility index (Phi) is 6.10. The topological polar surface area (TPSA) is 29.9 Å². The molecule has 0 saturated heterocycles. The van der Waals surface area contributed by atoms with E-state index >= 15 is 4.39 Å². The largest absolute Gasteiger partial charge is 0.347 e. The fraction of sp³-hybridized carbons (Fsp3) is 0.458. The van der Waals surface area contributed by atoms with Gasteiger partial charge in [0.25, 0.3) is 6.43 Å². The van der Waals surface area contributed by atoms with Gasteiger partial charge in [-0.15, -0.1) is 0 Å². The molecule has 0 aliphatic heterocycles. The first-order valence-electron chi connectivity index (χ1n) is 10.6. The minimum absolute atomic E-state index is 0.00626. The number of halogens is 3. The van der Waals surface area contributed by atoms with E-state index in [9.17, 15) is 8.78 Å². The molecule has 7 heteroatoms. The minimum atomic E-state index is -2.77. The van der Waals surface area contributed by atoms with Gasteiger partial charge >= 0.3 is 0 Å². The van der Waals surface area contributed by atoms with Crippen LogP contribution in [-0.2, 0) is 13.1 Å². The number of nitrogens with one attached hydrogen (secondary N) is 1. The molecule has 3 nitrogen and oxygen atoms in total. The second-order valence-corrected chi connectivity index (χ2v) is 10.7. The van der Waals surface area contributed by atoms with Crippen LogP contribution in [0.3, 0.4) is 0 Å². The monoisotopic (exact) mass is 447 g/mol. The summed E-state index contributed by atoms with van der Waals surface area (Å²) in [6.45, 7) is 9.50. The van der Waals surface area contributed by atoms with Gasteiger partial charge in [0.15, 0.2) is 0 Å². The predicted octanol–water partition coefficient (Wildman–Crippen LogP) is 7.03. The third kappa shape index (κ3) is 4.93. The van der Waals surface area contributed by atoms with E-state index in [1.165, 1.54) is 25.1 Å². The molecule has 1 fully saturated rings. The standard InChI is InChI=1S/C24H28F3N3S/c1-14-7-8-28-22(23(26)27)21(14)18-10-20-17(9-19(18)25)15(11-29-31-16-5-6-16)12-30(20)13-24(2,3)4/h7-10,12,16,23,29H,5-6,11,13H2,1-4H3. The van der Waals surface area contributed by atoms with Gasteiger partial charge in [0.05, 0.1) is 0 Å². The molecule has 0 unspecified atom stereocenters. The lowest BCUT2D eigenvalue weighted by atomic mass is 9.96. The molecular weight excluding hydrogens is 419 g/mol. The zero-order valence-corrected chi connectivity index (χ0v) is 19.1. The Bertz CT molecular complexity index is 1100. The summed E-state index contributed by atoms with van der Waals surface area (Å²) in [6.07, 6.45) is 3.10. The molecule has 0 bridgehead atoms. The maximum absolute atomic E-state index is 15.3. The molecule has 31 heavy (non-hydrogen) atoms. The summed E-state index contributed by atoms with van der Waals surface area (Å²) < 4.78 is 48.1. The second-order valence-electron chi connectivity index (χ2n) is 9.52. The van der Waals surface area contributed by atoms with E-state index in [2.05, 4.69) is 41.2 Å². The van der Waals surface area contributed by atoms with Gasteiger partial charge in [0.1, 0.15) is 11.5 Å². The number of rotatable bonds is 7. The quantitative estimate of drug-likeness (QED) is 0.394. The number of benzene rings is 1. The van der Waals surface area contributed by atoms with E-state index in [1.54, 1.807) is 31.0 Å². The van der Waals surface area contributed by atoms with Crippen molar-refractivity contribution in [3.63, 3.8) is 0 Å². The van der Waals surface area contributed by atoms with Crippen LogP contribution in [-0.4, -0.2) is 14.8 Å². The predicted molar refractivity (Wildman–Crippen MR) is 122 cm³/mol. The number of fused-ring (bicyclic) bond motifs is 1. The van der Waals surface area contributed by atoms with Crippen LogP contribution in [0.15, 0.2) is 30.6 Å². The number of hydrogen-bond acceptors (Lipinski definition) is 3. The van der Waals surface area contributed by atoms with Gasteiger partial charge in [0.2, 0.25) is 0 Å². The van der Waals surface area contributed by atoms with Crippen LogP contribution in [0, 0.1) is 18.2 Å². The molecule has 3 aromatic rings. The molecule has 2 heterocycles. The SMILES string of the molecule is Cc1ccnc(C(F)F)c1-c1cc2c(cc1F)c(CNSC1CC1)cn2CC(C)(C)C.